The van der Waals surface area contributed by atoms with Crippen molar-refractivity contribution in [3.8, 4) is 5.75 Å². The number of nitrogens with two attached hydrogens (primary N) is 1. The summed E-state index contributed by atoms with van der Waals surface area (Å²) < 4.78 is 44.2. The summed E-state index contributed by atoms with van der Waals surface area (Å²) in [6.07, 6.45) is -4.94. The number of ether oxygens (including phenoxy) is 2. The minimum absolute atomic E-state index is 0.0541. The zero-order valence-corrected chi connectivity index (χ0v) is 9.22. The Morgan fingerprint density at radius 2 is 2.00 bits per heavy atom. The Hall–Kier alpha value is -1.63. The highest BCUT2D eigenvalue weighted by Crippen LogP contribution is 2.35. The predicted molar refractivity (Wildman–Crippen MR) is 53.9 cm³/mol. The molecule has 0 aliphatic carbocycles. The number of hydrogen-bond acceptors (Lipinski definition) is 4. The Balaban J connectivity index is 3.30. The van der Waals surface area contributed by atoms with Crippen molar-refractivity contribution in [1.29, 1.82) is 0 Å². The summed E-state index contributed by atoms with van der Waals surface area (Å²) in [7, 11) is 0.999. The number of alkyl halides is 3. The largest absolute Gasteiger partial charge is 0.573 e. The minimum atomic E-state index is -4.94. The summed E-state index contributed by atoms with van der Waals surface area (Å²) >= 11 is 5.63. The molecule has 2 N–H and O–H groups in total. The lowest BCUT2D eigenvalue weighted by Crippen LogP contribution is -2.19. The van der Waals surface area contributed by atoms with Crippen LogP contribution in [0.15, 0.2) is 12.1 Å². The second kappa shape index (κ2) is 4.70. The number of benzene rings is 1. The molecule has 0 aliphatic heterocycles. The highest BCUT2D eigenvalue weighted by atomic mass is 35.5. The van der Waals surface area contributed by atoms with Crippen molar-refractivity contribution >= 4 is 23.3 Å². The smallest absolute Gasteiger partial charge is 0.465 e. The average Bonchev–Trinajstić information content (AvgIpc) is 2.21. The summed E-state index contributed by atoms with van der Waals surface area (Å²) in [6, 6.07) is 1.98. The molecule has 1 aromatic rings. The van der Waals surface area contributed by atoms with Crippen LogP contribution in [-0.4, -0.2) is 19.4 Å². The molecule has 0 spiro atoms. The van der Waals surface area contributed by atoms with E-state index in [0.717, 1.165) is 19.2 Å². The fourth-order valence-corrected chi connectivity index (χ4v) is 1.31. The van der Waals surface area contributed by atoms with E-state index in [4.69, 9.17) is 17.3 Å². The van der Waals surface area contributed by atoms with Gasteiger partial charge in [0.25, 0.3) is 0 Å². The maximum atomic E-state index is 12.1. The van der Waals surface area contributed by atoms with Gasteiger partial charge in [0.15, 0.2) is 0 Å². The van der Waals surface area contributed by atoms with Gasteiger partial charge in [-0.25, -0.2) is 4.79 Å². The highest BCUT2D eigenvalue weighted by molar-refractivity contribution is 6.36. The second-order valence-electron chi connectivity index (χ2n) is 2.88. The van der Waals surface area contributed by atoms with Crippen LogP contribution >= 0.6 is 11.6 Å². The second-order valence-corrected chi connectivity index (χ2v) is 3.26. The number of rotatable bonds is 2. The molecule has 0 aromatic heterocycles. The van der Waals surface area contributed by atoms with Crippen LogP contribution in [0.25, 0.3) is 0 Å². The molecule has 0 unspecified atom stereocenters. The predicted octanol–water partition coefficient (Wildman–Crippen LogP) is 2.61. The quantitative estimate of drug-likeness (QED) is 0.662. The van der Waals surface area contributed by atoms with Crippen LogP contribution in [0.4, 0.5) is 18.9 Å². The molecule has 17 heavy (non-hydrogen) atoms. The number of carbonyl (C=O) groups is 1. The lowest BCUT2D eigenvalue weighted by Gasteiger charge is -2.14. The molecule has 1 rings (SSSR count). The van der Waals surface area contributed by atoms with Gasteiger partial charge in [-0.05, 0) is 12.1 Å². The fraction of sp³-hybridized carbons (Fsp3) is 0.222. The average molecular weight is 270 g/mol. The molecular formula is C9H7ClF3NO3. The maximum absolute atomic E-state index is 12.1. The third kappa shape index (κ3) is 3.16. The normalized spacial score (nSPS) is 11.1. The van der Waals surface area contributed by atoms with E-state index in [1.807, 2.05) is 0 Å². The van der Waals surface area contributed by atoms with Crippen LogP contribution in [-0.2, 0) is 4.74 Å². The monoisotopic (exact) mass is 269 g/mol. The number of esters is 1. The molecule has 1 aromatic carbocycles. The van der Waals surface area contributed by atoms with Gasteiger partial charge in [-0.15, -0.1) is 13.2 Å². The lowest BCUT2D eigenvalue weighted by atomic mass is 10.2. The van der Waals surface area contributed by atoms with Crippen LogP contribution in [0.1, 0.15) is 10.4 Å². The minimum Gasteiger partial charge on any atom is -0.465 e. The Labute approximate surface area is 99.1 Å². The van der Waals surface area contributed by atoms with Crippen molar-refractivity contribution in [2.75, 3.05) is 12.8 Å². The number of methoxy groups -OCH3 is 1. The maximum Gasteiger partial charge on any atom is 0.573 e. The number of halogens is 4. The Bertz CT molecular complexity index is 448. The first-order chi connectivity index (χ1) is 7.76. The van der Waals surface area contributed by atoms with Crippen molar-refractivity contribution in [3.05, 3.63) is 22.7 Å². The fourth-order valence-electron chi connectivity index (χ4n) is 1.08. The van der Waals surface area contributed by atoms with Crippen molar-refractivity contribution in [1.82, 2.24) is 0 Å². The van der Waals surface area contributed by atoms with Gasteiger partial charge in [0, 0.05) is 0 Å². The molecule has 0 atom stereocenters. The van der Waals surface area contributed by atoms with Crippen LogP contribution in [0.5, 0.6) is 5.75 Å². The van der Waals surface area contributed by atoms with Crippen LogP contribution in [0, 0.1) is 0 Å². The van der Waals surface area contributed by atoms with E-state index in [2.05, 4.69) is 9.47 Å². The number of carbonyl (C=O) groups excluding carboxylic acids is 1. The summed E-state index contributed by atoms with van der Waals surface area (Å²) in [6.45, 7) is 0. The standard InChI is InChI=1S/C9H7ClF3NO3/c1-16-8(15)6-5(17-9(11,12)13)3-2-4(14)7(6)10/h2-3H,14H2,1H3. The molecule has 4 nitrogen and oxygen atoms in total. The van der Waals surface area contributed by atoms with Crippen LogP contribution < -0.4 is 10.5 Å². The molecule has 0 amide bonds. The van der Waals surface area contributed by atoms with E-state index in [1.165, 1.54) is 0 Å². The third-order valence-corrected chi connectivity index (χ3v) is 2.16. The molecule has 0 fully saturated rings. The van der Waals surface area contributed by atoms with Gasteiger partial charge in [-0.3, -0.25) is 0 Å². The first-order valence-electron chi connectivity index (χ1n) is 4.18. The van der Waals surface area contributed by atoms with Gasteiger partial charge in [-0.1, -0.05) is 11.6 Å². The van der Waals surface area contributed by atoms with Gasteiger partial charge >= 0.3 is 12.3 Å². The first-order valence-corrected chi connectivity index (χ1v) is 4.56. The zero-order chi connectivity index (χ0) is 13.2. The van der Waals surface area contributed by atoms with E-state index in [0.29, 0.717) is 0 Å². The number of nitrogen functional groups attached to an aromatic ring is 1. The van der Waals surface area contributed by atoms with E-state index >= 15 is 0 Å². The number of hydrogen-bond donors (Lipinski definition) is 1. The van der Waals surface area contributed by atoms with E-state index < -0.39 is 23.6 Å². The van der Waals surface area contributed by atoms with Crippen molar-refractivity contribution in [2.24, 2.45) is 0 Å². The van der Waals surface area contributed by atoms with Gasteiger partial charge in [-0.2, -0.15) is 0 Å². The Morgan fingerprint density at radius 1 is 1.41 bits per heavy atom. The first kappa shape index (κ1) is 13.4. The number of anilines is 1. The molecule has 0 saturated carbocycles. The van der Waals surface area contributed by atoms with E-state index in [1.54, 1.807) is 0 Å². The van der Waals surface area contributed by atoms with Gasteiger partial charge < -0.3 is 15.2 Å². The molecule has 0 radical (unpaired) electrons. The molecule has 0 saturated heterocycles. The topological polar surface area (TPSA) is 61.5 Å². The highest BCUT2D eigenvalue weighted by Gasteiger charge is 2.34. The van der Waals surface area contributed by atoms with E-state index in [9.17, 15) is 18.0 Å². The summed E-state index contributed by atoms with van der Waals surface area (Å²) in [5.74, 6) is -1.83. The molecule has 0 bridgehead atoms. The van der Waals surface area contributed by atoms with Crippen molar-refractivity contribution < 1.29 is 27.4 Å². The molecule has 8 heteroatoms. The zero-order valence-electron chi connectivity index (χ0n) is 8.47. The SMILES string of the molecule is COC(=O)c1c(OC(F)(F)F)ccc(N)c1Cl. The van der Waals surface area contributed by atoms with Crippen molar-refractivity contribution in [2.45, 2.75) is 6.36 Å². The summed E-state index contributed by atoms with van der Waals surface area (Å²) in [5.41, 5.74) is 4.75. The van der Waals surface area contributed by atoms with Crippen LogP contribution in [0.2, 0.25) is 5.02 Å². The van der Waals surface area contributed by atoms with Gasteiger partial charge in [0.1, 0.15) is 11.3 Å². The molecule has 0 aliphatic rings. The molecule has 94 valence electrons. The summed E-state index contributed by atoms with van der Waals surface area (Å²) in [4.78, 5) is 11.3. The van der Waals surface area contributed by atoms with Gasteiger partial charge in [0.2, 0.25) is 0 Å². The van der Waals surface area contributed by atoms with Crippen LogP contribution in [0.3, 0.4) is 0 Å². The lowest BCUT2D eigenvalue weighted by molar-refractivity contribution is -0.274. The molecular weight excluding hydrogens is 263 g/mol. The molecule has 0 heterocycles. The van der Waals surface area contributed by atoms with Gasteiger partial charge in [0.05, 0.1) is 17.8 Å². The summed E-state index contributed by atoms with van der Waals surface area (Å²) in [5, 5.41) is -0.349. The third-order valence-electron chi connectivity index (χ3n) is 1.75. The van der Waals surface area contributed by atoms with Crippen molar-refractivity contribution in [3.63, 3.8) is 0 Å². The Morgan fingerprint density at radius 3 is 2.47 bits per heavy atom. The van der Waals surface area contributed by atoms with E-state index in [-0.39, 0.29) is 10.7 Å². The Kier molecular flexibility index (Phi) is 3.72.